The van der Waals surface area contributed by atoms with Crippen molar-refractivity contribution in [3.05, 3.63) is 64.7 Å². The van der Waals surface area contributed by atoms with E-state index in [0.717, 1.165) is 21.6 Å². The number of imide groups is 1. The molecule has 1 atom stereocenters. The lowest BCUT2D eigenvalue weighted by Gasteiger charge is -2.34. The summed E-state index contributed by atoms with van der Waals surface area (Å²) < 4.78 is 27.7. The number of aryl methyl sites for hydroxylation is 3. The van der Waals surface area contributed by atoms with Crippen LogP contribution in [0.25, 0.3) is 0 Å². The number of urea groups is 1. The maximum atomic E-state index is 13.3. The van der Waals surface area contributed by atoms with Gasteiger partial charge in [0.1, 0.15) is 12.1 Å². The number of fused-ring (bicyclic) bond motifs is 2. The summed E-state index contributed by atoms with van der Waals surface area (Å²) in [6, 6.07) is 12.3. The first-order valence-electron chi connectivity index (χ1n) is 11.7. The van der Waals surface area contributed by atoms with Crippen molar-refractivity contribution in [1.29, 1.82) is 0 Å². The van der Waals surface area contributed by atoms with E-state index in [4.69, 9.17) is 0 Å². The van der Waals surface area contributed by atoms with Gasteiger partial charge in [-0.1, -0.05) is 36.4 Å². The Kier molecular flexibility index (Phi) is 5.68. The zero-order chi connectivity index (χ0) is 25.0. The molecule has 35 heavy (non-hydrogen) atoms. The van der Waals surface area contributed by atoms with Gasteiger partial charge in [-0.25, -0.2) is 13.2 Å². The third-order valence-electron chi connectivity index (χ3n) is 7.27. The molecule has 1 N–H and O–H groups in total. The fourth-order valence-corrected chi connectivity index (χ4v) is 7.00. The Morgan fingerprint density at radius 2 is 1.74 bits per heavy atom. The van der Waals surface area contributed by atoms with Crippen molar-refractivity contribution in [2.24, 2.45) is 0 Å². The molecule has 2 heterocycles. The van der Waals surface area contributed by atoms with Gasteiger partial charge in [0.2, 0.25) is 15.9 Å². The lowest BCUT2D eigenvalue weighted by Crippen LogP contribution is -2.53. The molecule has 1 unspecified atom stereocenters. The monoisotopic (exact) mass is 496 g/mol. The highest BCUT2D eigenvalue weighted by Crippen LogP contribution is 2.41. The second kappa shape index (κ2) is 8.46. The smallest absolute Gasteiger partial charge is 0.325 e. The predicted octanol–water partition coefficient (Wildman–Crippen LogP) is 1.53. The Balaban J connectivity index is 1.25. The van der Waals surface area contributed by atoms with Crippen molar-refractivity contribution >= 4 is 27.9 Å². The quantitative estimate of drug-likeness (QED) is 0.646. The summed E-state index contributed by atoms with van der Waals surface area (Å²) in [5.74, 6) is -0.780. The first-order valence-corrected chi connectivity index (χ1v) is 13.2. The predicted molar refractivity (Wildman–Crippen MR) is 128 cm³/mol. The van der Waals surface area contributed by atoms with Crippen molar-refractivity contribution in [3.8, 4) is 0 Å². The molecule has 184 valence electrons. The average Bonchev–Trinajstić information content (AvgIpc) is 3.33. The van der Waals surface area contributed by atoms with Crippen molar-refractivity contribution < 1.29 is 22.8 Å². The molecule has 2 fully saturated rings. The number of carbonyl (C=O) groups is 3. The molecular weight excluding hydrogens is 468 g/mol. The summed E-state index contributed by atoms with van der Waals surface area (Å²) >= 11 is 0. The lowest BCUT2D eigenvalue weighted by molar-refractivity contribution is -0.139. The first-order chi connectivity index (χ1) is 16.6. The van der Waals surface area contributed by atoms with Crippen molar-refractivity contribution in [2.45, 2.75) is 37.1 Å². The second-order valence-corrected chi connectivity index (χ2v) is 11.3. The Hall–Kier alpha value is -3.24. The molecule has 2 aromatic rings. The molecule has 9 nitrogen and oxygen atoms in total. The van der Waals surface area contributed by atoms with Crippen molar-refractivity contribution in [1.82, 2.24) is 19.4 Å². The van der Waals surface area contributed by atoms with E-state index in [1.54, 1.807) is 19.1 Å². The topological polar surface area (TPSA) is 107 Å². The summed E-state index contributed by atoms with van der Waals surface area (Å²) in [4.78, 5) is 41.8. The van der Waals surface area contributed by atoms with E-state index >= 15 is 0 Å². The minimum atomic E-state index is -3.68. The zero-order valence-corrected chi connectivity index (χ0v) is 20.6. The normalized spacial score (nSPS) is 22.6. The van der Waals surface area contributed by atoms with Crippen LogP contribution in [0, 0.1) is 13.8 Å². The van der Waals surface area contributed by atoms with Gasteiger partial charge in [0.05, 0.1) is 4.90 Å². The SMILES string of the molecule is Cc1ccc(C)c(S(=O)(=O)N2CCN(C(=O)CN3C(=O)NC4(CCc5ccccc54)C3=O)CC2)c1. The molecule has 5 rings (SSSR count). The van der Waals surface area contributed by atoms with E-state index in [0.29, 0.717) is 18.4 Å². The molecular formula is C25H28N4O5S. The van der Waals surface area contributed by atoms with Gasteiger partial charge in [-0.2, -0.15) is 4.31 Å². The van der Waals surface area contributed by atoms with E-state index < -0.39 is 27.5 Å². The van der Waals surface area contributed by atoms with E-state index in [1.165, 1.54) is 9.21 Å². The molecule has 1 aliphatic carbocycles. The number of piperazine rings is 1. The number of benzene rings is 2. The summed E-state index contributed by atoms with van der Waals surface area (Å²) in [5.41, 5.74) is 2.25. The van der Waals surface area contributed by atoms with Crippen LogP contribution in [0.4, 0.5) is 4.79 Å². The van der Waals surface area contributed by atoms with Crippen LogP contribution in [-0.4, -0.2) is 73.1 Å². The first kappa shape index (κ1) is 23.5. The maximum absolute atomic E-state index is 13.3. The summed E-state index contributed by atoms with van der Waals surface area (Å²) in [6.45, 7) is 3.94. The number of amides is 4. The highest BCUT2D eigenvalue weighted by Gasteiger charge is 2.55. The molecule has 2 saturated heterocycles. The number of rotatable bonds is 4. The molecule has 0 aromatic heterocycles. The number of hydrogen-bond acceptors (Lipinski definition) is 5. The number of hydrogen-bond donors (Lipinski definition) is 1. The standard InChI is InChI=1S/C25H28N4O5S/c1-17-7-8-18(2)21(15-17)35(33,34)28-13-11-27(12-14-28)22(30)16-29-23(31)25(26-24(29)32)10-9-19-5-3-4-6-20(19)25/h3-8,15H,9-14,16H2,1-2H3,(H,26,32). The van der Waals surface area contributed by atoms with E-state index in [1.807, 2.05) is 37.3 Å². The molecule has 0 bridgehead atoms. The molecule has 0 saturated carbocycles. The number of carbonyl (C=O) groups excluding carboxylic acids is 3. The van der Waals surface area contributed by atoms with E-state index in [9.17, 15) is 22.8 Å². The second-order valence-electron chi connectivity index (χ2n) is 9.44. The Morgan fingerprint density at radius 1 is 1.03 bits per heavy atom. The minimum absolute atomic E-state index is 0.152. The summed E-state index contributed by atoms with van der Waals surface area (Å²) in [6.07, 6.45) is 1.15. The van der Waals surface area contributed by atoms with E-state index in [2.05, 4.69) is 5.32 Å². The molecule has 10 heteroatoms. The Morgan fingerprint density at radius 3 is 2.49 bits per heavy atom. The van der Waals surface area contributed by atoms with Gasteiger partial charge in [0.15, 0.2) is 0 Å². The number of sulfonamides is 1. The Labute approximate surface area is 204 Å². The molecule has 0 radical (unpaired) electrons. The highest BCUT2D eigenvalue weighted by atomic mass is 32.2. The van der Waals surface area contributed by atoms with Gasteiger partial charge in [-0.05, 0) is 55.0 Å². The van der Waals surface area contributed by atoms with Crippen LogP contribution in [-0.2, 0) is 31.6 Å². The molecule has 1 spiro atoms. The fourth-order valence-electron chi connectivity index (χ4n) is 5.27. The van der Waals surface area contributed by atoms with Crippen LogP contribution >= 0.6 is 0 Å². The summed E-state index contributed by atoms with van der Waals surface area (Å²) in [5, 5.41) is 2.83. The molecule has 2 aliphatic heterocycles. The lowest BCUT2D eigenvalue weighted by atomic mass is 9.92. The zero-order valence-electron chi connectivity index (χ0n) is 19.8. The largest absolute Gasteiger partial charge is 0.338 e. The van der Waals surface area contributed by atoms with E-state index in [-0.39, 0.29) is 43.5 Å². The number of nitrogens with one attached hydrogen (secondary N) is 1. The maximum Gasteiger partial charge on any atom is 0.325 e. The van der Waals surface area contributed by atoms with Gasteiger partial charge < -0.3 is 10.2 Å². The molecule has 3 aliphatic rings. The highest BCUT2D eigenvalue weighted by molar-refractivity contribution is 7.89. The van der Waals surface area contributed by atoms with Crippen molar-refractivity contribution in [2.75, 3.05) is 32.7 Å². The van der Waals surface area contributed by atoms with Gasteiger partial charge in [0.25, 0.3) is 5.91 Å². The van der Waals surface area contributed by atoms with Crippen LogP contribution in [0.1, 0.15) is 28.7 Å². The third-order valence-corrected chi connectivity index (χ3v) is 9.31. The third kappa shape index (κ3) is 3.81. The number of nitrogens with zero attached hydrogens (tertiary/aromatic N) is 3. The molecule has 4 amide bonds. The van der Waals surface area contributed by atoms with Crippen LogP contribution in [0.15, 0.2) is 47.4 Å². The fraction of sp³-hybridized carbons (Fsp3) is 0.400. The van der Waals surface area contributed by atoms with Gasteiger partial charge in [-0.3, -0.25) is 14.5 Å². The van der Waals surface area contributed by atoms with Crippen molar-refractivity contribution in [3.63, 3.8) is 0 Å². The Bertz CT molecular complexity index is 1330. The minimum Gasteiger partial charge on any atom is -0.338 e. The van der Waals surface area contributed by atoms with Crippen LogP contribution in [0.2, 0.25) is 0 Å². The summed E-state index contributed by atoms with van der Waals surface area (Å²) in [7, 11) is -3.68. The van der Waals surface area contributed by atoms with Crippen LogP contribution in [0.5, 0.6) is 0 Å². The average molecular weight is 497 g/mol. The van der Waals surface area contributed by atoms with Crippen LogP contribution < -0.4 is 5.32 Å². The van der Waals surface area contributed by atoms with Gasteiger partial charge in [-0.15, -0.1) is 0 Å². The van der Waals surface area contributed by atoms with Gasteiger partial charge >= 0.3 is 6.03 Å². The van der Waals surface area contributed by atoms with Crippen LogP contribution in [0.3, 0.4) is 0 Å². The van der Waals surface area contributed by atoms with Gasteiger partial charge in [0, 0.05) is 26.2 Å². The molecule has 2 aromatic carbocycles.